The second kappa shape index (κ2) is 8.29. The number of amides is 1. The molecule has 1 amide bonds. The molecule has 6 heteroatoms. The lowest BCUT2D eigenvalue weighted by Gasteiger charge is -2.09. The maximum Gasteiger partial charge on any atom is 0.258 e. The summed E-state index contributed by atoms with van der Waals surface area (Å²) < 4.78 is 7.31. The molecular formula is C20H22N4O2. The summed E-state index contributed by atoms with van der Waals surface area (Å²) in [7, 11) is 0. The Morgan fingerprint density at radius 1 is 1.08 bits per heavy atom. The van der Waals surface area contributed by atoms with Crippen molar-refractivity contribution in [2.45, 2.75) is 26.9 Å². The first kappa shape index (κ1) is 17.7. The number of carbonyl (C=O) groups is 1. The van der Waals surface area contributed by atoms with Crippen LogP contribution in [-0.4, -0.2) is 27.3 Å². The van der Waals surface area contributed by atoms with Gasteiger partial charge in [0.05, 0.1) is 6.54 Å². The zero-order chi connectivity index (χ0) is 18.4. The standard InChI is InChI=1S/C20H22N4O2/c1-15-3-8-19(9-16(15)2)26-12-20(25)22-10-17-4-6-18(7-5-17)11-24-14-21-13-23-24/h3-9,13-14H,10-12H2,1-2H3,(H,22,25). The SMILES string of the molecule is Cc1ccc(OCC(=O)NCc2ccc(Cn3cncn3)cc2)cc1C. The molecule has 0 spiro atoms. The van der Waals surface area contributed by atoms with Crippen molar-refractivity contribution in [2.24, 2.45) is 0 Å². The summed E-state index contributed by atoms with van der Waals surface area (Å²) in [6, 6.07) is 13.8. The molecular weight excluding hydrogens is 328 g/mol. The Hall–Kier alpha value is -3.15. The molecule has 0 saturated heterocycles. The molecule has 0 fully saturated rings. The number of aryl methyl sites for hydroxylation is 2. The first-order chi connectivity index (χ1) is 12.6. The molecule has 0 bridgehead atoms. The van der Waals surface area contributed by atoms with Crippen LogP contribution in [0, 0.1) is 13.8 Å². The molecule has 0 atom stereocenters. The molecule has 0 aliphatic heterocycles. The van der Waals surface area contributed by atoms with E-state index in [2.05, 4.69) is 15.4 Å². The lowest BCUT2D eigenvalue weighted by Crippen LogP contribution is -2.28. The topological polar surface area (TPSA) is 69.0 Å². The minimum Gasteiger partial charge on any atom is -0.484 e. The molecule has 3 aromatic rings. The Kier molecular flexibility index (Phi) is 5.63. The summed E-state index contributed by atoms with van der Waals surface area (Å²) in [5.74, 6) is 0.565. The normalized spacial score (nSPS) is 10.5. The molecule has 0 saturated carbocycles. The summed E-state index contributed by atoms with van der Waals surface area (Å²) in [4.78, 5) is 15.9. The van der Waals surface area contributed by atoms with Gasteiger partial charge in [0.15, 0.2) is 6.61 Å². The van der Waals surface area contributed by atoms with E-state index in [1.54, 1.807) is 11.0 Å². The van der Waals surface area contributed by atoms with Crippen molar-refractivity contribution in [3.05, 3.63) is 77.4 Å². The highest BCUT2D eigenvalue weighted by atomic mass is 16.5. The first-order valence-electron chi connectivity index (χ1n) is 8.47. The van der Waals surface area contributed by atoms with Gasteiger partial charge in [-0.05, 0) is 48.2 Å². The lowest BCUT2D eigenvalue weighted by atomic mass is 10.1. The van der Waals surface area contributed by atoms with E-state index in [-0.39, 0.29) is 12.5 Å². The molecule has 6 nitrogen and oxygen atoms in total. The van der Waals surface area contributed by atoms with Crippen molar-refractivity contribution in [1.82, 2.24) is 20.1 Å². The number of hydrogen-bond acceptors (Lipinski definition) is 4. The van der Waals surface area contributed by atoms with Crippen LogP contribution in [0.2, 0.25) is 0 Å². The molecule has 2 aromatic carbocycles. The molecule has 0 unspecified atom stereocenters. The molecule has 26 heavy (non-hydrogen) atoms. The number of nitrogens with zero attached hydrogens (tertiary/aromatic N) is 3. The van der Waals surface area contributed by atoms with Crippen LogP contribution >= 0.6 is 0 Å². The maximum absolute atomic E-state index is 12.0. The van der Waals surface area contributed by atoms with Gasteiger partial charge in [-0.15, -0.1) is 0 Å². The largest absolute Gasteiger partial charge is 0.484 e. The quantitative estimate of drug-likeness (QED) is 0.711. The van der Waals surface area contributed by atoms with E-state index >= 15 is 0 Å². The van der Waals surface area contributed by atoms with E-state index in [1.807, 2.05) is 56.3 Å². The predicted octanol–water partition coefficient (Wildman–Crippen LogP) is 2.64. The number of carbonyl (C=O) groups excluding carboxylic acids is 1. The summed E-state index contributed by atoms with van der Waals surface area (Å²) in [5, 5.41) is 6.95. The summed E-state index contributed by atoms with van der Waals surface area (Å²) in [6.45, 7) is 5.22. The van der Waals surface area contributed by atoms with Gasteiger partial charge in [-0.3, -0.25) is 4.79 Å². The average Bonchev–Trinajstić information content (AvgIpc) is 3.15. The molecule has 0 radical (unpaired) electrons. The van der Waals surface area contributed by atoms with Crippen molar-refractivity contribution < 1.29 is 9.53 Å². The highest BCUT2D eigenvalue weighted by Crippen LogP contribution is 2.16. The Morgan fingerprint density at radius 2 is 1.85 bits per heavy atom. The fourth-order valence-electron chi connectivity index (χ4n) is 2.47. The molecule has 1 heterocycles. The number of aromatic nitrogens is 3. The smallest absolute Gasteiger partial charge is 0.258 e. The fraction of sp³-hybridized carbons (Fsp3) is 0.250. The van der Waals surface area contributed by atoms with Gasteiger partial charge in [0.1, 0.15) is 18.4 Å². The fourth-order valence-corrected chi connectivity index (χ4v) is 2.47. The van der Waals surface area contributed by atoms with Crippen molar-refractivity contribution >= 4 is 5.91 Å². The number of nitrogens with one attached hydrogen (secondary N) is 1. The van der Waals surface area contributed by atoms with Crippen LogP contribution in [-0.2, 0) is 17.9 Å². The molecule has 1 aromatic heterocycles. The Balaban J connectivity index is 1.44. The molecule has 134 valence electrons. The van der Waals surface area contributed by atoms with Gasteiger partial charge < -0.3 is 10.1 Å². The van der Waals surface area contributed by atoms with E-state index in [0.29, 0.717) is 18.8 Å². The van der Waals surface area contributed by atoms with Gasteiger partial charge in [-0.2, -0.15) is 5.10 Å². The number of ether oxygens (including phenoxy) is 1. The molecule has 3 rings (SSSR count). The maximum atomic E-state index is 12.0. The second-order valence-corrected chi connectivity index (χ2v) is 6.22. The van der Waals surface area contributed by atoms with Crippen LogP contribution in [0.5, 0.6) is 5.75 Å². The Labute approximate surface area is 152 Å². The van der Waals surface area contributed by atoms with Crippen LogP contribution in [0.1, 0.15) is 22.3 Å². The average molecular weight is 350 g/mol. The Morgan fingerprint density at radius 3 is 2.54 bits per heavy atom. The summed E-state index contributed by atoms with van der Waals surface area (Å²) in [5.41, 5.74) is 4.51. The van der Waals surface area contributed by atoms with Crippen LogP contribution in [0.3, 0.4) is 0 Å². The van der Waals surface area contributed by atoms with Crippen molar-refractivity contribution in [1.29, 1.82) is 0 Å². The zero-order valence-electron chi connectivity index (χ0n) is 15.0. The van der Waals surface area contributed by atoms with Crippen molar-refractivity contribution in [3.8, 4) is 5.75 Å². The van der Waals surface area contributed by atoms with Crippen LogP contribution in [0.15, 0.2) is 55.1 Å². The Bertz CT molecular complexity index is 858. The van der Waals surface area contributed by atoms with Gasteiger partial charge in [0.2, 0.25) is 0 Å². The summed E-state index contributed by atoms with van der Waals surface area (Å²) >= 11 is 0. The minimum absolute atomic E-state index is 0.00683. The molecule has 0 aliphatic rings. The number of hydrogen-bond donors (Lipinski definition) is 1. The molecule has 0 aliphatic carbocycles. The van der Waals surface area contributed by atoms with Gasteiger partial charge in [0, 0.05) is 6.54 Å². The van der Waals surface area contributed by atoms with Crippen LogP contribution < -0.4 is 10.1 Å². The van der Waals surface area contributed by atoms with E-state index in [0.717, 1.165) is 16.7 Å². The lowest BCUT2D eigenvalue weighted by molar-refractivity contribution is -0.123. The van der Waals surface area contributed by atoms with Gasteiger partial charge in [-0.1, -0.05) is 30.3 Å². The van der Waals surface area contributed by atoms with Gasteiger partial charge >= 0.3 is 0 Å². The van der Waals surface area contributed by atoms with Crippen LogP contribution in [0.4, 0.5) is 0 Å². The van der Waals surface area contributed by atoms with Gasteiger partial charge in [-0.25, -0.2) is 9.67 Å². The summed E-state index contributed by atoms with van der Waals surface area (Å²) in [6.07, 6.45) is 3.20. The van der Waals surface area contributed by atoms with E-state index in [9.17, 15) is 4.79 Å². The van der Waals surface area contributed by atoms with Gasteiger partial charge in [0.25, 0.3) is 5.91 Å². The first-order valence-corrected chi connectivity index (χ1v) is 8.47. The third kappa shape index (κ3) is 4.92. The zero-order valence-corrected chi connectivity index (χ0v) is 15.0. The number of benzene rings is 2. The van der Waals surface area contributed by atoms with E-state index < -0.39 is 0 Å². The third-order valence-electron chi connectivity index (χ3n) is 4.17. The highest BCUT2D eigenvalue weighted by Gasteiger charge is 2.04. The number of rotatable bonds is 7. The minimum atomic E-state index is -0.144. The highest BCUT2D eigenvalue weighted by molar-refractivity contribution is 5.77. The second-order valence-electron chi connectivity index (χ2n) is 6.22. The van der Waals surface area contributed by atoms with E-state index in [1.165, 1.54) is 11.9 Å². The predicted molar refractivity (Wildman–Crippen MR) is 98.8 cm³/mol. The van der Waals surface area contributed by atoms with Crippen LogP contribution in [0.25, 0.3) is 0 Å². The van der Waals surface area contributed by atoms with Crippen molar-refractivity contribution in [3.63, 3.8) is 0 Å². The monoisotopic (exact) mass is 350 g/mol. The van der Waals surface area contributed by atoms with Crippen molar-refractivity contribution in [2.75, 3.05) is 6.61 Å². The third-order valence-corrected chi connectivity index (χ3v) is 4.17. The molecule has 1 N–H and O–H groups in total. The van der Waals surface area contributed by atoms with E-state index in [4.69, 9.17) is 4.74 Å².